The minimum Gasteiger partial charge on any atom is -0.504 e. The summed E-state index contributed by atoms with van der Waals surface area (Å²) in [5.41, 5.74) is 0.0425. The number of hydrogen-bond donors (Lipinski definition) is 1. The van der Waals surface area contributed by atoms with Crippen molar-refractivity contribution < 1.29 is 24.2 Å². The Kier molecular flexibility index (Phi) is 9.06. The fraction of sp³-hybridized carbons (Fsp3) is 0.545. The molecular weight excluding hydrogens is 344 g/mol. The summed E-state index contributed by atoms with van der Waals surface area (Å²) in [6, 6.07) is 4.80. The summed E-state index contributed by atoms with van der Waals surface area (Å²) in [6.07, 6.45) is 7.56. The maximum atomic E-state index is 12.7. The van der Waals surface area contributed by atoms with E-state index in [0.29, 0.717) is 11.3 Å². The Bertz CT molecular complexity index is 655. The van der Waals surface area contributed by atoms with Crippen LogP contribution in [-0.4, -0.2) is 29.6 Å². The summed E-state index contributed by atoms with van der Waals surface area (Å²) < 4.78 is 10.6. The van der Waals surface area contributed by atoms with Crippen molar-refractivity contribution in [3.8, 4) is 11.5 Å². The van der Waals surface area contributed by atoms with Gasteiger partial charge < -0.3 is 14.6 Å². The number of unbranched alkanes of at least 4 members (excludes halogenated alkanes) is 3. The fourth-order valence-corrected chi connectivity index (χ4v) is 2.59. The van der Waals surface area contributed by atoms with Crippen LogP contribution in [0.15, 0.2) is 30.4 Å². The van der Waals surface area contributed by atoms with Gasteiger partial charge in [-0.05, 0) is 63.8 Å². The van der Waals surface area contributed by atoms with Crippen molar-refractivity contribution in [1.29, 1.82) is 0 Å². The zero-order chi connectivity index (χ0) is 20.4. The first-order valence-corrected chi connectivity index (χ1v) is 9.47. The highest BCUT2D eigenvalue weighted by Gasteiger charge is 2.30. The quantitative estimate of drug-likeness (QED) is 0.279. The summed E-state index contributed by atoms with van der Waals surface area (Å²) in [6.45, 7) is 7.45. The molecular formula is C22H32O5. The van der Waals surface area contributed by atoms with Crippen LogP contribution < -0.4 is 4.74 Å². The molecule has 5 heteroatoms. The first-order chi connectivity index (χ1) is 12.7. The number of allylic oxidation sites excluding steroid dienone is 2. The van der Waals surface area contributed by atoms with Gasteiger partial charge in [0.05, 0.1) is 7.11 Å². The molecule has 0 radical (unpaired) electrons. The molecule has 0 aliphatic rings. The molecule has 0 saturated heterocycles. The standard InChI is InChI=1S/C22H32O5/c1-6-7-8-9-10-11-18(23)17(21(25)27-22(2,3)4)14-16-12-13-19(24)20(15-16)26-5/h10-13,15,17,24H,6-9,14H2,1-5H3/b11-10+. The topological polar surface area (TPSA) is 72.8 Å². The predicted octanol–water partition coefficient (Wildman–Crippen LogP) is 4.61. The molecule has 27 heavy (non-hydrogen) atoms. The van der Waals surface area contributed by atoms with Gasteiger partial charge in [-0.2, -0.15) is 0 Å². The van der Waals surface area contributed by atoms with Crippen LogP contribution in [0.4, 0.5) is 0 Å². The monoisotopic (exact) mass is 376 g/mol. The number of methoxy groups -OCH3 is 1. The van der Waals surface area contributed by atoms with Crippen molar-refractivity contribution >= 4 is 11.8 Å². The summed E-state index contributed by atoms with van der Waals surface area (Å²) >= 11 is 0. The van der Waals surface area contributed by atoms with E-state index in [4.69, 9.17) is 9.47 Å². The van der Waals surface area contributed by atoms with Crippen molar-refractivity contribution in [2.24, 2.45) is 5.92 Å². The van der Waals surface area contributed by atoms with Gasteiger partial charge in [0.2, 0.25) is 0 Å². The Morgan fingerprint density at radius 3 is 2.52 bits per heavy atom. The SMILES string of the molecule is CCCCC/C=C/C(=O)C(Cc1ccc(O)c(OC)c1)C(=O)OC(C)(C)C. The highest BCUT2D eigenvalue weighted by atomic mass is 16.6. The van der Waals surface area contributed by atoms with Crippen LogP contribution in [-0.2, 0) is 20.7 Å². The largest absolute Gasteiger partial charge is 0.504 e. The van der Waals surface area contributed by atoms with Gasteiger partial charge in [-0.25, -0.2) is 0 Å². The minimum atomic E-state index is -0.930. The third-order valence-electron chi connectivity index (χ3n) is 3.98. The molecule has 0 aromatic heterocycles. The number of aromatic hydroxyl groups is 1. The van der Waals surface area contributed by atoms with Crippen LogP contribution in [0.5, 0.6) is 11.5 Å². The Hall–Kier alpha value is -2.30. The molecule has 0 heterocycles. The number of carbonyl (C=O) groups is 2. The zero-order valence-corrected chi connectivity index (χ0v) is 17.1. The molecule has 1 rings (SSSR count). The lowest BCUT2D eigenvalue weighted by molar-refractivity contribution is -0.161. The van der Waals surface area contributed by atoms with Gasteiger partial charge in [0.1, 0.15) is 11.5 Å². The van der Waals surface area contributed by atoms with Gasteiger partial charge in [-0.15, -0.1) is 0 Å². The number of hydrogen-bond acceptors (Lipinski definition) is 5. The normalized spacial score (nSPS) is 12.8. The molecule has 1 atom stereocenters. The Labute approximate surface area is 162 Å². The number of carbonyl (C=O) groups excluding carboxylic acids is 2. The van der Waals surface area contributed by atoms with E-state index in [-0.39, 0.29) is 18.0 Å². The average molecular weight is 376 g/mol. The highest BCUT2D eigenvalue weighted by molar-refractivity contribution is 6.05. The van der Waals surface area contributed by atoms with E-state index < -0.39 is 17.5 Å². The van der Waals surface area contributed by atoms with Gasteiger partial charge in [-0.3, -0.25) is 9.59 Å². The van der Waals surface area contributed by atoms with E-state index in [1.54, 1.807) is 32.9 Å². The second-order valence-corrected chi connectivity index (χ2v) is 7.60. The van der Waals surface area contributed by atoms with Crippen LogP contribution >= 0.6 is 0 Å². The lowest BCUT2D eigenvalue weighted by atomic mass is 9.94. The summed E-state index contributed by atoms with van der Waals surface area (Å²) in [5.74, 6) is -1.43. The lowest BCUT2D eigenvalue weighted by Crippen LogP contribution is -2.33. The molecule has 0 saturated carbocycles. The van der Waals surface area contributed by atoms with E-state index in [1.807, 2.05) is 6.08 Å². The van der Waals surface area contributed by atoms with E-state index in [9.17, 15) is 14.7 Å². The Balaban J connectivity index is 2.96. The second kappa shape index (κ2) is 10.8. The smallest absolute Gasteiger partial charge is 0.317 e. The number of phenolic OH excluding ortho intramolecular Hbond substituents is 1. The molecule has 150 valence electrons. The molecule has 0 spiro atoms. The number of ketones is 1. The summed E-state index contributed by atoms with van der Waals surface area (Å²) in [4.78, 5) is 25.3. The number of ether oxygens (including phenoxy) is 2. The first-order valence-electron chi connectivity index (χ1n) is 9.47. The van der Waals surface area contributed by atoms with E-state index in [0.717, 1.165) is 25.7 Å². The van der Waals surface area contributed by atoms with Crippen LogP contribution in [0, 0.1) is 5.92 Å². The van der Waals surface area contributed by atoms with Gasteiger partial charge in [0.25, 0.3) is 0 Å². The van der Waals surface area contributed by atoms with Crippen molar-refractivity contribution in [3.63, 3.8) is 0 Å². The van der Waals surface area contributed by atoms with E-state index in [1.165, 1.54) is 19.3 Å². The molecule has 0 fully saturated rings. The molecule has 0 aliphatic carbocycles. The third kappa shape index (κ3) is 8.29. The van der Waals surface area contributed by atoms with Crippen LogP contribution in [0.25, 0.3) is 0 Å². The molecule has 0 bridgehead atoms. The van der Waals surface area contributed by atoms with Gasteiger partial charge in [-0.1, -0.05) is 31.9 Å². The molecule has 5 nitrogen and oxygen atoms in total. The molecule has 0 amide bonds. The van der Waals surface area contributed by atoms with E-state index >= 15 is 0 Å². The number of phenols is 1. The van der Waals surface area contributed by atoms with Gasteiger partial charge >= 0.3 is 5.97 Å². The van der Waals surface area contributed by atoms with Crippen molar-refractivity contribution in [3.05, 3.63) is 35.9 Å². The van der Waals surface area contributed by atoms with Crippen molar-refractivity contribution in [2.45, 2.75) is 65.4 Å². The zero-order valence-electron chi connectivity index (χ0n) is 17.1. The summed E-state index contributed by atoms with van der Waals surface area (Å²) in [5, 5.41) is 9.73. The number of esters is 1. The maximum Gasteiger partial charge on any atom is 0.317 e. The molecule has 1 N–H and O–H groups in total. The molecule has 1 aromatic carbocycles. The molecule has 0 aliphatic heterocycles. The lowest BCUT2D eigenvalue weighted by Gasteiger charge is -2.23. The Morgan fingerprint density at radius 1 is 1.22 bits per heavy atom. The average Bonchev–Trinajstić information content (AvgIpc) is 2.59. The van der Waals surface area contributed by atoms with Gasteiger partial charge in [0, 0.05) is 0 Å². The van der Waals surface area contributed by atoms with Crippen LogP contribution in [0.2, 0.25) is 0 Å². The van der Waals surface area contributed by atoms with Crippen LogP contribution in [0.1, 0.15) is 58.9 Å². The highest BCUT2D eigenvalue weighted by Crippen LogP contribution is 2.28. The minimum absolute atomic E-state index is 0.0113. The maximum absolute atomic E-state index is 12.7. The second-order valence-electron chi connectivity index (χ2n) is 7.60. The third-order valence-corrected chi connectivity index (χ3v) is 3.98. The number of rotatable bonds is 10. The molecule has 1 aromatic rings. The Morgan fingerprint density at radius 2 is 1.93 bits per heavy atom. The first kappa shape index (κ1) is 22.7. The number of benzene rings is 1. The van der Waals surface area contributed by atoms with Crippen molar-refractivity contribution in [1.82, 2.24) is 0 Å². The van der Waals surface area contributed by atoms with Crippen LogP contribution in [0.3, 0.4) is 0 Å². The summed E-state index contributed by atoms with van der Waals surface area (Å²) in [7, 11) is 1.45. The van der Waals surface area contributed by atoms with Gasteiger partial charge in [0.15, 0.2) is 17.3 Å². The van der Waals surface area contributed by atoms with Crippen molar-refractivity contribution in [2.75, 3.05) is 7.11 Å². The van der Waals surface area contributed by atoms with E-state index in [2.05, 4.69) is 6.92 Å². The molecule has 1 unspecified atom stereocenters. The predicted molar refractivity (Wildman–Crippen MR) is 106 cm³/mol. The fourth-order valence-electron chi connectivity index (χ4n) is 2.59.